The molecule has 0 aromatic carbocycles. The number of rotatable bonds is 6. The van der Waals surface area contributed by atoms with Gasteiger partial charge in [0.25, 0.3) is 0 Å². The topological polar surface area (TPSA) is 68.3 Å². The first kappa shape index (κ1) is 16.2. The molecule has 22 heavy (non-hydrogen) atoms. The zero-order valence-corrected chi connectivity index (χ0v) is 12.8. The maximum atomic E-state index is 12.3. The van der Waals surface area contributed by atoms with Crippen LogP contribution in [0.5, 0.6) is 0 Å². The average molecular weight is 302 g/mol. The summed E-state index contributed by atoms with van der Waals surface area (Å²) < 4.78 is 5.08. The van der Waals surface area contributed by atoms with Gasteiger partial charge in [-0.15, -0.1) is 0 Å². The summed E-state index contributed by atoms with van der Waals surface area (Å²) >= 11 is 0. The number of pyridine rings is 1. The van der Waals surface area contributed by atoms with Gasteiger partial charge < -0.3 is 10.1 Å². The van der Waals surface area contributed by atoms with E-state index in [0.717, 1.165) is 24.8 Å². The summed E-state index contributed by atoms with van der Waals surface area (Å²) in [6.45, 7) is 2.06. The summed E-state index contributed by atoms with van der Waals surface area (Å²) in [5.74, 6) is -0.519. The van der Waals surface area contributed by atoms with E-state index in [9.17, 15) is 9.59 Å². The highest BCUT2D eigenvalue weighted by Gasteiger charge is 2.26. The van der Waals surface area contributed by atoms with E-state index >= 15 is 0 Å². The van der Waals surface area contributed by atoms with Crippen molar-refractivity contribution in [3.05, 3.63) is 42.2 Å². The number of amides is 1. The van der Waals surface area contributed by atoms with Gasteiger partial charge in [0.15, 0.2) is 0 Å². The van der Waals surface area contributed by atoms with Crippen molar-refractivity contribution >= 4 is 11.9 Å². The molecule has 1 heterocycles. The first-order valence-corrected chi connectivity index (χ1v) is 7.71. The predicted molar refractivity (Wildman–Crippen MR) is 83.0 cm³/mol. The Kier molecular flexibility index (Phi) is 6.13. The van der Waals surface area contributed by atoms with Gasteiger partial charge >= 0.3 is 5.97 Å². The van der Waals surface area contributed by atoms with Crippen LogP contribution in [0, 0.1) is 5.92 Å². The first-order chi connectivity index (χ1) is 10.7. The number of hydrogen-bond acceptors (Lipinski definition) is 4. The van der Waals surface area contributed by atoms with Crippen LogP contribution in [-0.4, -0.2) is 29.5 Å². The number of ether oxygens (including phenoxy) is 1. The van der Waals surface area contributed by atoms with Gasteiger partial charge in [-0.2, -0.15) is 0 Å². The molecular formula is C17H22N2O3. The zero-order chi connectivity index (χ0) is 15.8. The van der Waals surface area contributed by atoms with Crippen LogP contribution >= 0.6 is 0 Å². The maximum Gasteiger partial charge on any atom is 0.328 e. The molecule has 118 valence electrons. The molecule has 0 saturated heterocycles. The zero-order valence-electron chi connectivity index (χ0n) is 12.8. The summed E-state index contributed by atoms with van der Waals surface area (Å²) in [6.07, 6.45) is 10.3. The fraction of sp³-hybridized carbons (Fsp3) is 0.471. The van der Waals surface area contributed by atoms with Crippen LogP contribution in [0.2, 0.25) is 0 Å². The standard InChI is InChI=1S/C17H22N2O3/c1-2-22-17(21)15(12-13-8-10-18-11-9-13)19-16(20)14-6-4-3-5-7-14/h3-4,8-11,14-15H,2,5-7,12H2,1H3,(H,19,20)/t14-,15+/m1/s1. The van der Waals surface area contributed by atoms with Gasteiger partial charge in [-0.25, -0.2) is 4.79 Å². The van der Waals surface area contributed by atoms with Gasteiger partial charge in [-0.05, 0) is 43.9 Å². The van der Waals surface area contributed by atoms with E-state index in [1.807, 2.05) is 18.2 Å². The van der Waals surface area contributed by atoms with Crippen molar-refractivity contribution in [1.82, 2.24) is 10.3 Å². The Morgan fingerprint density at radius 3 is 2.77 bits per heavy atom. The lowest BCUT2D eigenvalue weighted by atomic mass is 9.93. The number of carbonyl (C=O) groups excluding carboxylic acids is 2. The molecule has 0 fully saturated rings. The normalized spacial score (nSPS) is 18.5. The quantitative estimate of drug-likeness (QED) is 0.645. The van der Waals surface area contributed by atoms with Crippen LogP contribution in [0.3, 0.4) is 0 Å². The number of nitrogens with one attached hydrogen (secondary N) is 1. The van der Waals surface area contributed by atoms with Crippen LogP contribution in [-0.2, 0) is 20.7 Å². The van der Waals surface area contributed by atoms with Crippen molar-refractivity contribution in [3.8, 4) is 0 Å². The lowest BCUT2D eigenvalue weighted by molar-refractivity contribution is -0.147. The van der Waals surface area contributed by atoms with Crippen molar-refractivity contribution in [2.75, 3.05) is 6.61 Å². The third-order valence-electron chi connectivity index (χ3n) is 3.72. The van der Waals surface area contributed by atoms with Gasteiger partial charge in [0.1, 0.15) is 6.04 Å². The molecule has 1 N–H and O–H groups in total. The smallest absolute Gasteiger partial charge is 0.328 e. The van der Waals surface area contributed by atoms with Crippen molar-refractivity contribution in [2.24, 2.45) is 5.92 Å². The highest BCUT2D eigenvalue weighted by molar-refractivity contribution is 5.86. The Labute approximate surface area is 130 Å². The minimum atomic E-state index is -0.652. The molecule has 2 atom stereocenters. The molecule has 5 heteroatoms. The SMILES string of the molecule is CCOC(=O)[C@H](Cc1ccncc1)NC(=O)[C@@H]1CC=CCC1. The van der Waals surface area contributed by atoms with Crippen LogP contribution < -0.4 is 5.32 Å². The van der Waals surface area contributed by atoms with E-state index in [1.165, 1.54) is 0 Å². The number of esters is 1. The van der Waals surface area contributed by atoms with E-state index in [4.69, 9.17) is 4.74 Å². The largest absolute Gasteiger partial charge is 0.464 e. The van der Waals surface area contributed by atoms with E-state index in [1.54, 1.807) is 19.3 Å². The number of hydrogen-bond donors (Lipinski definition) is 1. The lowest BCUT2D eigenvalue weighted by Crippen LogP contribution is -2.46. The van der Waals surface area contributed by atoms with E-state index in [-0.39, 0.29) is 17.8 Å². The van der Waals surface area contributed by atoms with Crippen molar-refractivity contribution in [3.63, 3.8) is 0 Å². The molecule has 1 aromatic rings. The number of allylic oxidation sites excluding steroid dienone is 2. The van der Waals surface area contributed by atoms with Crippen LogP contribution in [0.15, 0.2) is 36.7 Å². The van der Waals surface area contributed by atoms with Gasteiger partial charge in [0.05, 0.1) is 6.61 Å². The molecule has 0 bridgehead atoms. The molecule has 1 amide bonds. The molecule has 5 nitrogen and oxygen atoms in total. The highest BCUT2D eigenvalue weighted by atomic mass is 16.5. The van der Waals surface area contributed by atoms with Crippen LogP contribution in [0.25, 0.3) is 0 Å². The fourth-order valence-corrected chi connectivity index (χ4v) is 2.51. The van der Waals surface area contributed by atoms with Crippen molar-refractivity contribution in [2.45, 2.75) is 38.6 Å². The summed E-state index contributed by atoms with van der Waals surface area (Å²) in [5, 5.41) is 2.85. The number of nitrogens with zero attached hydrogens (tertiary/aromatic N) is 1. The van der Waals surface area contributed by atoms with Gasteiger partial charge in [-0.3, -0.25) is 9.78 Å². The molecule has 2 rings (SSSR count). The van der Waals surface area contributed by atoms with Crippen molar-refractivity contribution in [1.29, 1.82) is 0 Å². The minimum Gasteiger partial charge on any atom is -0.464 e. The van der Waals surface area contributed by atoms with Gasteiger partial charge in [-0.1, -0.05) is 12.2 Å². The molecule has 0 saturated carbocycles. The predicted octanol–water partition coefficient (Wildman–Crippen LogP) is 2.03. The molecule has 0 spiro atoms. The molecular weight excluding hydrogens is 280 g/mol. The summed E-state index contributed by atoms with van der Waals surface area (Å²) in [7, 11) is 0. The third-order valence-corrected chi connectivity index (χ3v) is 3.72. The second-order valence-corrected chi connectivity index (χ2v) is 5.35. The Bertz CT molecular complexity index is 528. The van der Waals surface area contributed by atoms with E-state index in [0.29, 0.717) is 13.0 Å². The molecule has 1 aliphatic rings. The van der Waals surface area contributed by atoms with Crippen LogP contribution in [0.1, 0.15) is 31.7 Å². The monoisotopic (exact) mass is 302 g/mol. The number of carbonyl (C=O) groups is 2. The molecule has 0 aliphatic heterocycles. The van der Waals surface area contributed by atoms with Crippen molar-refractivity contribution < 1.29 is 14.3 Å². The Balaban J connectivity index is 2.02. The number of aromatic nitrogens is 1. The fourth-order valence-electron chi connectivity index (χ4n) is 2.51. The van der Waals surface area contributed by atoms with Crippen LogP contribution in [0.4, 0.5) is 0 Å². The lowest BCUT2D eigenvalue weighted by Gasteiger charge is -2.22. The second-order valence-electron chi connectivity index (χ2n) is 5.35. The third kappa shape index (κ3) is 4.69. The Morgan fingerprint density at radius 2 is 2.14 bits per heavy atom. The van der Waals surface area contributed by atoms with Gasteiger partial charge in [0, 0.05) is 24.7 Å². The molecule has 0 unspecified atom stereocenters. The van der Waals surface area contributed by atoms with E-state index in [2.05, 4.69) is 16.4 Å². The van der Waals surface area contributed by atoms with Gasteiger partial charge in [0.2, 0.25) is 5.91 Å². The highest BCUT2D eigenvalue weighted by Crippen LogP contribution is 2.18. The molecule has 1 aromatic heterocycles. The summed E-state index contributed by atoms with van der Waals surface area (Å²) in [6, 6.07) is 3.02. The average Bonchev–Trinajstić information content (AvgIpc) is 2.56. The Morgan fingerprint density at radius 1 is 1.36 bits per heavy atom. The molecule has 1 aliphatic carbocycles. The second kappa shape index (κ2) is 8.32. The maximum absolute atomic E-state index is 12.3. The summed E-state index contributed by atoms with van der Waals surface area (Å²) in [5.41, 5.74) is 0.942. The minimum absolute atomic E-state index is 0.0561. The first-order valence-electron chi connectivity index (χ1n) is 7.71. The summed E-state index contributed by atoms with van der Waals surface area (Å²) in [4.78, 5) is 28.4. The Hall–Kier alpha value is -2.17. The van der Waals surface area contributed by atoms with E-state index < -0.39 is 6.04 Å². The molecule has 0 radical (unpaired) electrons.